The lowest BCUT2D eigenvalue weighted by Crippen LogP contribution is -2.39. The Morgan fingerprint density at radius 2 is 2.21 bits per heavy atom. The molecule has 1 aromatic heterocycles. The molecule has 3 rings (SSSR count). The largest absolute Gasteiger partial charge is 0.388 e. The highest BCUT2D eigenvalue weighted by atomic mass is 32.1. The van der Waals surface area contributed by atoms with Gasteiger partial charge < -0.3 is 10.0 Å². The molecule has 3 nitrogen and oxygen atoms in total. The summed E-state index contributed by atoms with van der Waals surface area (Å²) in [5.41, 5.74) is 1.17. The third-order valence-electron chi connectivity index (χ3n) is 4.40. The summed E-state index contributed by atoms with van der Waals surface area (Å²) in [4.78, 5) is 8.50. The second-order valence-corrected chi connectivity index (χ2v) is 6.86. The van der Waals surface area contributed by atoms with Gasteiger partial charge in [-0.25, -0.2) is 4.98 Å². The summed E-state index contributed by atoms with van der Waals surface area (Å²) < 4.78 is 0. The third-order valence-corrected chi connectivity index (χ3v) is 5.64. The van der Waals surface area contributed by atoms with Crippen molar-refractivity contribution in [2.75, 3.05) is 11.4 Å². The minimum Gasteiger partial charge on any atom is -0.388 e. The molecule has 0 aromatic carbocycles. The van der Waals surface area contributed by atoms with E-state index >= 15 is 0 Å². The van der Waals surface area contributed by atoms with Crippen LogP contribution in [0.4, 0.5) is 5.13 Å². The summed E-state index contributed by atoms with van der Waals surface area (Å²) in [6.45, 7) is 3.41. The highest BCUT2D eigenvalue weighted by Crippen LogP contribution is 2.39. The number of aliphatic hydroxyl groups excluding tert-OH is 1. The molecule has 0 amide bonds. The number of piperidine rings is 1. The molecule has 1 fully saturated rings. The van der Waals surface area contributed by atoms with Gasteiger partial charge in [-0.15, -0.1) is 0 Å². The molecule has 2 aliphatic rings. The van der Waals surface area contributed by atoms with Gasteiger partial charge in [0, 0.05) is 12.6 Å². The average Bonchev–Trinajstić information content (AvgIpc) is 2.85. The fraction of sp³-hybridized carbons (Fsp3) is 0.800. The topological polar surface area (TPSA) is 36.4 Å². The third kappa shape index (κ3) is 2.65. The van der Waals surface area contributed by atoms with E-state index in [0.717, 1.165) is 30.7 Å². The highest BCUT2D eigenvalue weighted by molar-refractivity contribution is 7.15. The molecule has 1 aliphatic heterocycles. The van der Waals surface area contributed by atoms with E-state index in [9.17, 15) is 5.11 Å². The number of thiazole rings is 1. The summed E-state index contributed by atoms with van der Waals surface area (Å²) in [5.74, 6) is 0. The normalized spacial score (nSPS) is 27.4. The SMILES string of the molecule is CCCC1CCCCN1c1nc2c(s1)C(O)CCC2. The fourth-order valence-corrected chi connectivity index (χ4v) is 4.62. The summed E-state index contributed by atoms with van der Waals surface area (Å²) >= 11 is 1.74. The van der Waals surface area contributed by atoms with Crippen LogP contribution in [0.5, 0.6) is 0 Å². The van der Waals surface area contributed by atoms with E-state index in [0.29, 0.717) is 6.04 Å². The summed E-state index contributed by atoms with van der Waals surface area (Å²) in [6.07, 6.45) is 9.24. The van der Waals surface area contributed by atoms with Crippen molar-refractivity contribution >= 4 is 16.5 Å². The minimum atomic E-state index is -0.260. The van der Waals surface area contributed by atoms with Gasteiger partial charge in [0.25, 0.3) is 0 Å². The van der Waals surface area contributed by atoms with Crippen molar-refractivity contribution in [3.63, 3.8) is 0 Å². The van der Waals surface area contributed by atoms with Crippen molar-refractivity contribution in [1.29, 1.82) is 0 Å². The van der Waals surface area contributed by atoms with Crippen molar-refractivity contribution in [2.45, 2.75) is 70.4 Å². The molecule has 0 saturated carbocycles. The Hall–Kier alpha value is -0.610. The predicted molar refractivity (Wildman–Crippen MR) is 79.9 cm³/mol. The monoisotopic (exact) mass is 280 g/mol. The number of aromatic nitrogens is 1. The van der Waals surface area contributed by atoms with Crippen molar-refractivity contribution < 1.29 is 5.11 Å². The van der Waals surface area contributed by atoms with Crippen LogP contribution in [-0.2, 0) is 6.42 Å². The number of anilines is 1. The molecule has 1 aliphatic carbocycles. The molecule has 0 bridgehead atoms. The van der Waals surface area contributed by atoms with E-state index in [1.165, 1.54) is 42.9 Å². The zero-order chi connectivity index (χ0) is 13.2. The van der Waals surface area contributed by atoms with Gasteiger partial charge in [0.2, 0.25) is 0 Å². The molecular formula is C15H24N2OS. The van der Waals surface area contributed by atoms with Crippen molar-refractivity contribution in [2.24, 2.45) is 0 Å². The zero-order valence-electron chi connectivity index (χ0n) is 11.8. The number of hydrogen-bond donors (Lipinski definition) is 1. The molecule has 2 atom stereocenters. The molecule has 1 saturated heterocycles. The van der Waals surface area contributed by atoms with E-state index in [1.54, 1.807) is 11.3 Å². The van der Waals surface area contributed by atoms with Crippen molar-refractivity contribution in [3.05, 3.63) is 10.6 Å². The first-order valence-corrected chi connectivity index (χ1v) is 8.55. The Bertz CT molecular complexity index is 430. The number of nitrogens with zero attached hydrogens (tertiary/aromatic N) is 2. The lowest BCUT2D eigenvalue weighted by Gasteiger charge is -2.35. The maximum absolute atomic E-state index is 10.1. The second kappa shape index (κ2) is 5.80. The average molecular weight is 280 g/mol. The van der Waals surface area contributed by atoms with Gasteiger partial charge in [0.15, 0.2) is 5.13 Å². The van der Waals surface area contributed by atoms with Gasteiger partial charge in [-0.3, -0.25) is 0 Å². The Morgan fingerprint density at radius 3 is 3.00 bits per heavy atom. The molecule has 0 radical (unpaired) electrons. The first-order chi connectivity index (χ1) is 9.29. The lowest BCUT2D eigenvalue weighted by atomic mass is 9.99. The van der Waals surface area contributed by atoms with Gasteiger partial charge in [-0.2, -0.15) is 0 Å². The van der Waals surface area contributed by atoms with Crippen LogP contribution in [0, 0.1) is 0 Å². The Balaban J connectivity index is 1.84. The summed E-state index contributed by atoms with van der Waals surface area (Å²) in [7, 11) is 0. The number of rotatable bonds is 3. The van der Waals surface area contributed by atoms with Gasteiger partial charge >= 0.3 is 0 Å². The van der Waals surface area contributed by atoms with Gasteiger partial charge in [-0.05, 0) is 44.9 Å². The Labute approximate surface area is 119 Å². The van der Waals surface area contributed by atoms with Gasteiger partial charge in [0.1, 0.15) is 0 Å². The molecule has 2 unspecified atom stereocenters. The van der Waals surface area contributed by atoms with Crippen molar-refractivity contribution in [1.82, 2.24) is 4.98 Å². The molecule has 0 spiro atoms. The van der Waals surface area contributed by atoms with Crippen LogP contribution >= 0.6 is 11.3 Å². The molecule has 4 heteroatoms. The zero-order valence-corrected chi connectivity index (χ0v) is 12.6. The first-order valence-electron chi connectivity index (χ1n) is 7.74. The van der Waals surface area contributed by atoms with Crippen LogP contribution in [0.1, 0.15) is 68.5 Å². The van der Waals surface area contributed by atoms with Crippen LogP contribution in [0.25, 0.3) is 0 Å². The van der Waals surface area contributed by atoms with Gasteiger partial charge in [-0.1, -0.05) is 24.7 Å². The highest BCUT2D eigenvalue weighted by Gasteiger charge is 2.28. The van der Waals surface area contributed by atoms with E-state index < -0.39 is 0 Å². The number of fused-ring (bicyclic) bond motifs is 1. The maximum atomic E-state index is 10.1. The first kappa shape index (κ1) is 13.4. The Morgan fingerprint density at radius 1 is 1.32 bits per heavy atom. The molecule has 1 N–H and O–H groups in total. The van der Waals surface area contributed by atoms with E-state index in [-0.39, 0.29) is 6.10 Å². The maximum Gasteiger partial charge on any atom is 0.186 e. The fourth-order valence-electron chi connectivity index (χ4n) is 3.39. The number of aryl methyl sites for hydroxylation is 1. The smallest absolute Gasteiger partial charge is 0.186 e. The van der Waals surface area contributed by atoms with Crippen LogP contribution in [0.2, 0.25) is 0 Å². The summed E-state index contributed by atoms with van der Waals surface area (Å²) in [6, 6.07) is 0.670. The number of hydrogen-bond acceptors (Lipinski definition) is 4. The lowest BCUT2D eigenvalue weighted by molar-refractivity contribution is 0.160. The molecule has 106 valence electrons. The molecule has 19 heavy (non-hydrogen) atoms. The standard InChI is InChI=1S/C15H24N2OS/c1-2-6-11-7-3-4-10-17(11)15-16-12-8-5-9-13(18)14(12)19-15/h11,13,18H,2-10H2,1H3. The van der Waals surface area contributed by atoms with Crippen LogP contribution in [0.15, 0.2) is 0 Å². The van der Waals surface area contributed by atoms with E-state index in [2.05, 4.69) is 11.8 Å². The quantitative estimate of drug-likeness (QED) is 0.917. The van der Waals surface area contributed by atoms with Crippen LogP contribution < -0.4 is 4.90 Å². The van der Waals surface area contributed by atoms with Crippen molar-refractivity contribution in [3.8, 4) is 0 Å². The molecule has 1 aromatic rings. The van der Waals surface area contributed by atoms with E-state index in [1.807, 2.05) is 0 Å². The predicted octanol–water partition coefficient (Wildman–Crippen LogP) is 3.67. The van der Waals surface area contributed by atoms with Crippen LogP contribution in [-0.4, -0.2) is 22.7 Å². The summed E-state index contributed by atoms with van der Waals surface area (Å²) in [5, 5.41) is 11.3. The van der Waals surface area contributed by atoms with E-state index in [4.69, 9.17) is 4.98 Å². The minimum absolute atomic E-state index is 0.260. The Kier molecular flexibility index (Phi) is 4.08. The molecule has 2 heterocycles. The molecular weight excluding hydrogens is 256 g/mol. The van der Waals surface area contributed by atoms with Gasteiger partial charge in [0.05, 0.1) is 16.7 Å². The van der Waals surface area contributed by atoms with Crippen LogP contribution in [0.3, 0.4) is 0 Å². The number of aliphatic hydroxyl groups is 1. The second-order valence-electron chi connectivity index (χ2n) is 5.85.